The zero-order valence-corrected chi connectivity index (χ0v) is 19.1. The molecule has 3 aromatic rings. The van der Waals surface area contributed by atoms with Crippen molar-refractivity contribution in [2.45, 2.75) is 53.6 Å². The first-order chi connectivity index (χ1) is 15.5. The molecule has 2 aromatic carbocycles. The standard InChI is InChI=1S/C25H28ClN5O.2CH4/c1-17(2)28-22-12-15-31(16-13-22)24(32)19-5-9-21(10-6-19)29-25-27-14-11-23(30-25)18-3-7-20(26)8-4-18;;/h3-11,14,17,22,28H,12-13,15-16H2,1-2H3,(H,27,29,30);2*1H4. The van der Waals surface area contributed by atoms with Crippen LogP contribution in [0.3, 0.4) is 0 Å². The maximum atomic E-state index is 12.9. The van der Waals surface area contributed by atoms with E-state index in [1.165, 1.54) is 0 Å². The number of likely N-dealkylation sites (tertiary alicyclic amines) is 1. The number of amides is 1. The van der Waals surface area contributed by atoms with Crippen LogP contribution >= 0.6 is 11.6 Å². The lowest BCUT2D eigenvalue weighted by Crippen LogP contribution is -2.46. The van der Waals surface area contributed by atoms with Crippen LogP contribution in [0.25, 0.3) is 11.3 Å². The average Bonchev–Trinajstić information content (AvgIpc) is 2.80. The fourth-order valence-corrected chi connectivity index (χ4v) is 4.05. The largest absolute Gasteiger partial charge is 0.339 e. The van der Waals surface area contributed by atoms with Crippen LogP contribution in [0, 0.1) is 0 Å². The topological polar surface area (TPSA) is 70.2 Å². The molecule has 0 unspecified atom stereocenters. The highest BCUT2D eigenvalue weighted by molar-refractivity contribution is 6.30. The minimum Gasteiger partial charge on any atom is -0.339 e. The molecule has 0 saturated carbocycles. The lowest BCUT2D eigenvalue weighted by atomic mass is 10.0. The summed E-state index contributed by atoms with van der Waals surface area (Å²) in [4.78, 5) is 23.7. The van der Waals surface area contributed by atoms with Gasteiger partial charge in [0, 0.05) is 53.2 Å². The first-order valence-electron chi connectivity index (χ1n) is 11.0. The van der Waals surface area contributed by atoms with Gasteiger partial charge in [-0.2, -0.15) is 0 Å². The van der Waals surface area contributed by atoms with Gasteiger partial charge in [0.05, 0.1) is 5.69 Å². The molecule has 6 nitrogen and oxygen atoms in total. The Labute approximate surface area is 208 Å². The molecule has 1 saturated heterocycles. The third-order valence-corrected chi connectivity index (χ3v) is 5.79. The molecule has 1 aliphatic heterocycles. The van der Waals surface area contributed by atoms with Gasteiger partial charge in [-0.25, -0.2) is 9.97 Å². The van der Waals surface area contributed by atoms with Crippen molar-refractivity contribution < 1.29 is 4.79 Å². The Bertz CT molecular complexity index is 1050. The van der Waals surface area contributed by atoms with Crippen molar-refractivity contribution in [3.05, 3.63) is 71.4 Å². The second-order valence-corrected chi connectivity index (χ2v) is 8.80. The van der Waals surface area contributed by atoms with E-state index in [2.05, 4.69) is 34.4 Å². The second kappa shape index (κ2) is 12.5. The molecular weight excluding hydrogens is 446 g/mol. The number of hydrogen-bond donors (Lipinski definition) is 2. The number of carbonyl (C=O) groups excluding carboxylic acids is 1. The lowest BCUT2D eigenvalue weighted by Gasteiger charge is -2.33. The summed E-state index contributed by atoms with van der Waals surface area (Å²) in [6.07, 6.45) is 3.70. The summed E-state index contributed by atoms with van der Waals surface area (Å²) in [5, 5.41) is 7.47. The molecule has 0 bridgehead atoms. The molecule has 2 N–H and O–H groups in total. The summed E-state index contributed by atoms with van der Waals surface area (Å²) >= 11 is 5.97. The number of anilines is 2. The number of piperidine rings is 1. The van der Waals surface area contributed by atoms with Gasteiger partial charge < -0.3 is 15.5 Å². The Morgan fingerprint density at radius 3 is 2.26 bits per heavy atom. The Balaban J connectivity index is 0.00000204. The van der Waals surface area contributed by atoms with Gasteiger partial charge in [0.25, 0.3) is 5.91 Å². The third-order valence-electron chi connectivity index (χ3n) is 5.53. The van der Waals surface area contributed by atoms with E-state index in [0.29, 0.717) is 28.6 Å². The van der Waals surface area contributed by atoms with E-state index < -0.39 is 0 Å². The minimum atomic E-state index is 0. The second-order valence-electron chi connectivity index (χ2n) is 8.36. The van der Waals surface area contributed by atoms with Gasteiger partial charge in [0.2, 0.25) is 5.95 Å². The van der Waals surface area contributed by atoms with Crippen molar-refractivity contribution in [1.29, 1.82) is 0 Å². The summed E-state index contributed by atoms with van der Waals surface area (Å²) in [5.41, 5.74) is 3.30. The molecule has 1 aromatic heterocycles. The van der Waals surface area contributed by atoms with Crippen molar-refractivity contribution in [3.63, 3.8) is 0 Å². The SMILES string of the molecule is C.C.CC(C)NC1CCN(C(=O)c2ccc(Nc3nccc(-c4ccc(Cl)cc4)n3)cc2)CC1. The van der Waals surface area contributed by atoms with Gasteiger partial charge in [0.15, 0.2) is 0 Å². The number of benzene rings is 2. The Morgan fingerprint density at radius 1 is 1.00 bits per heavy atom. The fraction of sp³-hybridized carbons (Fsp3) is 0.370. The number of halogens is 1. The number of aromatic nitrogens is 2. The van der Waals surface area contributed by atoms with E-state index in [0.717, 1.165) is 42.9 Å². The monoisotopic (exact) mass is 481 g/mol. The summed E-state index contributed by atoms with van der Waals surface area (Å²) in [6.45, 7) is 5.89. The highest BCUT2D eigenvalue weighted by Crippen LogP contribution is 2.22. The van der Waals surface area contributed by atoms with Crippen molar-refractivity contribution in [3.8, 4) is 11.3 Å². The Kier molecular flexibility index (Phi) is 10.0. The molecule has 0 aliphatic carbocycles. The van der Waals surface area contributed by atoms with Gasteiger partial charge in [0.1, 0.15) is 0 Å². The molecule has 34 heavy (non-hydrogen) atoms. The van der Waals surface area contributed by atoms with Crippen LogP contribution in [0.1, 0.15) is 51.9 Å². The first kappa shape index (κ1) is 27.3. The Hall–Kier alpha value is -2.96. The molecule has 7 heteroatoms. The van der Waals surface area contributed by atoms with Crippen molar-refractivity contribution in [2.24, 2.45) is 0 Å². The van der Waals surface area contributed by atoms with Crippen molar-refractivity contribution >= 4 is 29.1 Å². The van der Waals surface area contributed by atoms with Crippen LogP contribution in [0.2, 0.25) is 5.02 Å². The molecule has 182 valence electrons. The number of hydrogen-bond acceptors (Lipinski definition) is 5. The van der Waals surface area contributed by atoms with Gasteiger partial charge in [-0.1, -0.05) is 52.4 Å². The van der Waals surface area contributed by atoms with Crippen LogP contribution < -0.4 is 10.6 Å². The normalized spacial score (nSPS) is 13.7. The van der Waals surface area contributed by atoms with Gasteiger partial charge in [-0.15, -0.1) is 0 Å². The molecule has 0 spiro atoms. The quantitative estimate of drug-likeness (QED) is 0.425. The highest BCUT2D eigenvalue weighted by Gasteiger charge is 2.23. The van der Waals surface area contributed by atoms with Crippen molar-refractivity contribution in [2.75, 3.05) is 18.4 Å². The van der Waals surface area contributed by atoms with Crippen LogP contribution in [0.4, 0.5) is 11.6 Å². The maximum Gasteiger partial charge on any atom is 0.253 e. The molecule has 1 amide bonds. The van der Waals surface area contributed by atoms with E-state index in [1.807, 2.05) is 59.5 Å². The predicted molar refractivity (Wildman–Crippen MR) is 143 cm³/mol. The van der Waals surface area contributed by atoms with Crippen LogP contribution in [-0.4, -0.2) is 45.9 Å². The van der Waals surface area contributed by atoms with Gasteiger partial charge in [-0.05, 0) is 55.3 Å². The number of carbonyl (C=O) groups is 1. The zero-order valence-electron chi connectivity index (χ0n) is 18.4. The molecule has 1 fully saturated rings. The predicted octanol–water partition coefficient (Wildman–Crippen LogP) is 6.42. The highest BCUT2D eigenvalue weighted by atomic mass is 35.5. The maximum absolute atomic E-state index is 12.9. The molecule has 2 heterocycles. The van der Waals surface area contributed by atoms with Crippen LogP contribution in [0.15, 0.2) is 60.8 Å². The van der Waals surface area contributed by atoms with Gasteiger partial charge in [-0.3, -0.25) is 4.79 Å². The average molecular weight is 482 g/mol. The third kappa shape index (κ3) is 7.02. The molecule has 0 radical (unpaired) electrons. The zero-order chi connectivity index (χ0) is 22.5. The molecular formula is C27H36ClN5O. The Morgan fingerprint density at radius 2 is 1.65 bits per heavy atom. The van der Waals surface area contributed by atoms with Crippen molar-refractivity contribution in [1.82, 2.24) is 20.2 Å². The molecule has 0 atom stereocenters. The smallest absolute Gasteiger partial charge is 0.253 e. The van der Waals surface area contributed by atoms with Crippen LogP contribution in [0.5, 0.6) is 0 Å². The number of nitrogens with one attached hydrogen (secondary N) is 2. The van der Waals surface area contributed by atoms with E-state index in [4.69, 9.17) is 11.6 Å². The first-order valence-corrected chi connectivity index (χ1v) is 11.4. The minimum absolute atomic E-state index is 0. The lowest BCUT2D eigenvalue weighted by molar-refractivity contribution is 0.0703. The van der Waals surface area contributed by atoms with Gasteiger partial charge >= 0.3 is 0 Å². The summed E-state index contributed by atoms with van der Waals surface area (Å²) in [6, 6.07) is 17.8. The summed E-state index contributed by atoms with van der Waals surface area (Å²) < 4.78 is 0. The van der Waals surface area contributed by atoms with E-state index in [-0.39, 0.29) is 20.8 Å². The van der Waals surface area contributed by atoms with Crippen LogP contribution in [-0.2, 0) is 0 Å². The van der Waals surface area contributed by atoms with E-state index in [1.54, 1.807) is 6.20 Å². The van der Waals surface area contributed by atoms with E-state index in [9.17, 15) is 4.79 Å². The molecule has 1 aliphatic rings. The summed E-state index contributed by atoms with van der Waals surface area (Å²) in [5.74, 6) is 0.580. The fourth-order valence-electron chi connectivity index (χ4n) is 3.93. The molecule has 4 rings (SSSR count). The summed E-state index contributed by atoms with van der Waals surface area (Å²) in [7, 11) is 0. The van der Waals surface area contributed by atoms with E-state index >= 15 is 0 Å². The number of nitrogens with zero attached hydrogens (tertiary/aromatic N) is 3. The number of rotatable bonds is 6.